The van der Waals surface area contributed by atoms with Gasteiger partial charge in [-0.05, 0) is 25.8 Å². The lowest BCUT2D eigenvalue weighted by Crippen LogP contribution is -2.45. The Morgan fingerprint density at radius 2 is 2.00 bits per heavy atom. The Labute approximate surface area is 207 Å². The fourth-order valence-electron chi connectivity index (χ4n) is 4.60. The number of carbonyl (C=O) groups excluding carboxylic acids is 1. The summed E-state index contributed by atoms with van der Waals surface area (Å²) in [5.41, 5.74) is 7.16. The topological polar surface area (TPSA) is 89.9 Å². The van der Waals surface area contributed by atoms with Crippen molar-refractivity contribution in [2.75, 3.05) is 5.73 Å². The summed E-state index contributed by atoms with van der Waals surface area (Å²) < 4.78 is 46.2. The van der Waals surface area contributed by atoms with Crippen molar-refractivity contribution in [2.24, 2.45) is 0 Å². The van der Waals surface area contributed by atoms with E-state index in [-0.39, 0.29) is 23.9 Å². The third kappa shape index (κ3) is 3.44. The molecule has 7 nitrogen and oxygen atoms in total. The molecule has 0 bridgehead atoms. The first-order valence-corrected chi connectivity index (χ1v) is 12.1. The van der Waals surface area contributed by atoms with Crippen LogP contribution in [0, 0.1) is 23.5 Å². The second kappa shape index (κ2) is 8.06. The number of rotatable bonds is 2. The number of anilines is 1. The minimum absolute atomic E-state index is 0.0103. The van der Waals surface area contributed by atoms with Crippen LogP contribution in [0.5, 0.6) is 0 Å². The largest absolute Gasteiger partial charge is 0.383 e. The van der Waals surface area contributed by atoms with Crippen molar-refractivity contribution in [3.63, 3.8) is 0 Å². The lowest BCUT2D eigenvalue weighted by molar-refractivity contribution is -0.132. The van der Waals surface area contributed by atoms with E-state index < -0.39 is 28.9 Å². The van der Waals surface area contributed by atoms with Gasteiger partial charge in [0.15, 0.2) is 11.6 Å². The lowest BCUT2D eigenvalue weighted by atomic mass is 10.1. The fourth-order valence-corrected chi connectivity index (χ4v) is 5.76. The standard InChI is InChI=1S/C25H19F3N6OS/c1-11-8-34-17(9-33(11)25(35)12(2)26)15(19-22(29)30-10-31-23(19)34)6-5-14-16(27)7-18-21(20(14)28)32-24(36-18)13-3-4-13/h7,10-11,13H,2-4,8-9H2,1H3,(H2,29,30,31)/t11-/m1/s1. The first-order valence-electron chi connectivity index (χ1n) is 11.3. The summed E-state index contributed by atoms with van der Waals surface area (Å²) in [4.78, 5) is 26.5. The summed E-state index contributed by atoms with van der Waals surface area (Å²) in [6, 6.07) is 0.888. The number of thiazole rings is 1. The van der Waals surface area contributed by atoms with Crippen LogP contribution >= 0.6 is 11.3 Å². The molecular weight excluding hydrogens is 489 g/mol. The van der Waals surface area contributed by atoms with Crippen molar-refractivity contribution in [3.8, 4) is 11.8 Å². The van der Waals surface area contributed by atoms with E-state index in [9.17, 15) is 13.6 Å². The van der Waals surface area contributed by atoms with Crippen molar-refractivity contribution in [1.82, 2.24) is 24.4 Å². The van der Waals surface area contributed by atoms with Crippen molar-refractivity contribution in [2.45, 2.75) is 44.8 Å². The van der Waals surface area contributed by atoms with Gasteiger partial charge in [-0.25, -0.2) is 28.1 Å². The van der Waals surface area contributed by atoms with Crippen LogP contribution in [-0.4, -0.2) is 36.4 Å². The van der Waals surface area contributed by atoms with Crippen LogP contribution in [0.4, 0.5) is 19.0 Å². The number of hydrogen-bond acceptors (Lipinski definition) is 6. The van der Waals surface area contributed by atoms with Gasteiger partial charge in [0.1, 0.15) is 29.1 Å². The number of hydrogen-bond donors (Lipinski definition) is 1. The van der Waals surface area contributed by atoms with Gasteiger partial charge in [0.25, 0.3) is 5.91 Å². The molecule has 1 fully saturated rings. The highest BCUT2D eigenvalue weighted by Crippen LogP contribution is 2.44. The SMILES string of the molecule is C=C(F)C(=O)N1Cc2c(C#Cc3c(F)cc4sc(C5CC5)nc4c3F)c3c(N)ncnc3n2C[C@H]1C. The Morgan fingerprint density at radius 3 is 2.72 bits per heavy atom. The summed E-state index contributed by atoms with van der Waals surface area (Å²) >= 11 is 1.30. The van der Waals surface area contributed by atoms with Crippen LogP contribution in [0.15, 0.2) is 24.8 Å². The van der Waals surface area contributed by atoms with E-state index in [1.807, 2.05) is 4.57 Å². The molecule has 6 rings (SSSR count). The zero-order valence-electron chi connectivity index (χ0n) is 19.1. The van der Waals surface area contributed by atoms with Gasteiger partial charge in [0, 0.05) is 18.5 Å². The Bertz CT molecular complexity index is 1680. The number of aromatic nitrogens is 4. The Kier molecular flexibility index (Phi) is 5.05. The van der Waals surface area contributed by atoms with Crippen molar-refractivity contribution in [1.29, 1.82) is 0 Å². The summed E-state index contributed by atoms with van der Waals surface area (Å²) in [6.45, 7) is 5.17. The maximum atomic E-state index is 15.3. The molecule has 36 heavy (non-hydrogen) atoms. The van der Waals surface area contributed by atoms with E-state index in [1.54, 1.807) is 6.92 Å². The number of nitrogens with zero attached hydrogens (tertiary/aromatic N) is 5. The maximum Gasteiger partial charge on any atom is 0.282 e. The summed E-state index contributed by atoms with van der Waals surface area (Å²) in [5, 5.41) is 1.21. The van der Waals surface area contributed by atoms with Gasteiger partial charge < -0.3 is 15.2 Å². The minimum Gasteiger partial charge on any atom is -0.383 e. The highest BCUT2D eigenvalue weighted by molar-refractivity contribution is 7.18. The fraction of sp³-hybridized carbons (Fsp3) is 0.280. The molecule has 182 valence electrons. The molecule has 0 unspecified atom stereocenters. The zero-order valence-corrected chi connectivity index (χ0v) is 19.9. The second-order valence-electron chi connectivity index (χ2n) is 9.05. The van der Waals surface area contributed by atoms with Gasteiger partial charge in [-0.15, -0.1) is 11.3 Å². The molecular formula is C25H19F3N6OS. The van der Waals surface area contributed by atoms with Crippen LogP contribution < -0.4 is 5.73 Å². The highest BCUT2D eigenvalue weighted by Gasteiger charge is 2.33. The zero-order chi connectivity index (χ0) is 25.3. The molecule has 1 amide bonds. The monoisotopic (exact) mass is 508 g/mol. The minimum atomic E-state index is -1.08. The highest BCUT2D eigenvalue weighted by atomic mass is 32.1. The quantitative estimate of drug-likeness (QED) is 0.320. The number of fused-ring (bicyclic) bond motifs is 4. The molecule has 2 N–H and O–H groups in total. The third-order valence-corrected chi connectivity index (χ3v) is 7.77. The molecule has 1 atom stereocenters. The van der Waals surface area contributed by atoms with E-state index >= 15 is 4.39 Å². The van der Waals surface area contributed by atoms with E-state index in [0.29, 0.717) is 39.5 Å². The number of halogens is 3. The van der Waals surface area contributed by atoms with Gasteiger partial charge in [0.2, 0.25) is 0 Å². The van der Waals surface area contributed by atoms with Crippen LogP contribution in [0.1, 0.15) is 47.5 Å². The number of nitrogen functional groups attached to an aromatic ring is 1. The van der Waals surface area contributed by atoms with Gasteiger partial charge in [-0.1, -0.05) is 18.4 Å². The molecule has 11 heteroatoms. The van der Waals surface area contributed by atoms with E-state index in [2.05, 4.69) is 33.4 Å². The number of amides is 1. The molecule has 3 aromatic heterocycles. The van der Waals surface area contributed by atoms with Gasteiger partial charge in [-0.3, -0.25) is 4.79 Å². The summed E-state index contributed by atoms with van der Waals surface area (Å²) in [6.07, 6.45) is 3.31. The van der Waals surface area contributed by atoms with E-state index in [1.165, 1.54) is 28.6 Å². The van der Waals surface area contributed by atoms with E-state index in [4.69, 9.17) is 5.73 Å². The smallest absolute Gasteiger partial charge is 0.282 e. The number of carbonyl (C=O) groups is 1. The molecule has 4 aromatic rings. The predicted molar refractivity (Wildman–Crippen MR) is 130 cm³/mol. The Balaban J connectivity index is 1.52. The van der Waals surface area contributed by atoms with Crippen molar-refractivity contribution < 1.29 is 18.0 Å². The predicted octanol–water partition coefficient (Wildman–Crippen LogP) is 4.39. The first kappa shape index (κ1) is 22.5. The number of benzene rings is 1. The molecule has 4 heterocycles. The van der Waals surface area contributed by atoms with Gasteiger partial charge in [-0.2, -0.15) is 0 Å². The Hall–Kier alpha value is -3.91. The third-order valence-electron chi connectivity index (χ3n) is 6.60. The number of nitrogens with two attached hydrogens (primary N) is 1. The molecule has 2 aliphatic rings. The summed E-state index contributed by atoms with van der Waals surface area (Å²) in [7, 11) is 0. The lowest BCUT2D eigenvalue weighted by Gasteiger charge is -2.34. The Morgan fingerprint density at radius 1 is 1.25 bits per heavy atom. The molecule has 0 saturated heterocycles. The normalized spacial score (nSPS) is 17.2. The maximum absolute atomic E-state index is 15.3. The first-order chi connectivity index (χ1) is 17.2. The van der Waals surface area contributed by atoms with Crippen LogP contribution in [0.25, 0.3) is 21.3 Å². The van der Waals surface area contributed by atoms with Crippen LogP contribution in [-0.2, 0) is 17.9 Å². The van der Waals surface area contributed by atoms with Gasteiger partial charge >= 0.3 is 0 Å². The molecule has 1 aliphatic carbocycles. The molecule has 0 spiro atoms. The van der Waals surface area contributed by atoms with E-state index in [0.717, 1.165) is 17.8 Å². The van der Waals surface area contributed by atoms with Crippen LogP contribution in [0.2, 0.25) is 0 Å². The van der Waals surface area contributed by atoms with Crippen molar-refractivity contribution in [3.05, 3.63) is 58.3 Å². The average Bonchev–Trinajstić information content (AvgIpc) is 3.53. The summed E-state index contributed by atoms with van der Waals surface area (Å²) in [5.74, 6) is 2.40. The van der Waals surface area contributed by atoms with Gasteiger partial charge in [0.05, 0.1) is 38.5 Å². The average molecular weight is 509 g/mol. The van der Waals surface area contributed by atoms with Crippen molar-refractivity contribution >= 4 is 44.3 Å². The molecule has 0 radical (unpaired) electrons. The molecule has 1 saturated carbocycles. The molecule has 1 aromatic carbocycles. The second-order valence-corrected chi connectivity index (χ2v) is 10.1. The van der Waals surface area contributed by atoms with Crippen LogP contribution in [0.3, 0.4) is 0 Å². The molecule has 1 aliphatic heterocycles.